The standard InChI is InChI=1S/C18H17ClF2N2S.CH3NO.CH5N/c1-4-6-12(5-2)14-10-22-18(19)17(11(14)3)23-24-16-8-7-13(20)9-15(16)21;2-1-3;1-2/h5-10,23H,2,4H2,1,3H3;1H,(H2,2,3);2H2,1H3/b12-6+;;. The van der Waals surface area contributed by atoms with E-state index < -0.39 is 11.6 Å². The Morgan fingerprint density at radius 2 is 2.00 bits per heavy atom. The third kappa shape index (κ3) is 8.23. The molecule has 0 aliphatic heterocycles. The van der Waals surface area contributed by atoms with Gasteiger partial charge in [0, 0.05) is 17.8 Å². The first kappa shape index (κ1) is 26.6. The number of hydrogen-bond donors (Lipinski definition) is 3. The van der Waals surface area contributed by atoms with Crippen molar-refractivity contribution >= 4 is 41.2 Å². The van der Waals surface area contributed by atoms with Crippen molar-refractivity contribution in [2.24, 2.45) is 11.5 Å². The highest BCUT2D eigenvalue weighted by Gasteiger charge is 2.13. The van der Waals surface area contributed by atoms with Gasteiger partial charge in [-0.3, -0.25) is 4.79 Å². The molecule has 0 saturated heterocycles. The molecule has 5 nitrogen and oxygen atoms in total. The number of nitrogens with two attached hydrogens (primary N) is 2. The van der Waals surface area contributed by atoms with Crippen LogP contribution in [0.15, 0.2) is 48.0 Å². The number of rotatable bonds is 6. The number of carbonyl (C=O) groups is 1. The second kappa shape index (κ2) is 14.6. The molecule has 0 fully saturated rings. The monoisotopic (exact) mass is 442 g/mol. The molecule has 2 rings (SSSR count). The van der Waals surface area contributed by atoms with E-state index in [4.69, 9.17) is 16.4 Å². The minimum atomic E-state index is -0.636. The number of allylic oxidation sites excluding steroid dienone is 3. The van der Waals surface area contributed by atoms with Crippen LogP contribution in [0.1, 0.15) is 24.5 Å². The van der Waals surface area contributed by atoms with E-state index in [-0.39, 0.29) is 16.5 Å². The van der Waals surface area contributed by atoms with Gasteiger partial charge in [-0.2, -0.15) is 0 Å². The van der Waals surface area contributed by atoms with Crippen molar-refractivity contribution in [2.75, 3.05) is 11.8 Å². The molecule has 0 atom stereocenters. The van der Waals surface area contributed by atoms with Crippen molar-refractivity contribution in [1.29, 1.82) is 0 Å². The predicted molar refractivity (Wildman–Crippen MR) is 119 cm³/mol. The molecule has 1 amide bonds. The van der Waals surface area contributed by atoms with Gasteiger partial charge in [-0.15, -0.1) is 0 Å². The number of nitrogens with one attached hydrogen (secondary N) is 1. The Bertz CT molecular complexity index is 847. The number of benzene rings is 1. The second-order valence-electron chi connectivity index (χ2n) is 5.15. The minimum absolute atomic E-state index is 0.250. The molecule has 9 heteroatoms. The van der Waals surface area contributed by atoms with Crippen LogP contribution in [0.4, 0.5) is 14.5 Å². The lowest BCUT2D eigenvalue weighted by atomic mass is 10.0. The van der Waals surface area contributed by atoms with Crippen LogP contribution >= 0.6 is 23.5 Å². The molecule has 0 unspecified atom stereocenters. The fourth-order valence-electron chi connectivity index (χ4n) is 2.17. The van der Waals surface area contributed by atoms with Crippen LogP contribution in [0, 0.1) is 18.6 Å². The molecule has 1 aromatic carbocycles. The molecule has 5 N–H and O–H groups in total. The maximum absolute atomic E-state index is 13.7. The maximum atomic E-state index is 13.7. The number of halogens is 3. The Balaban J connectivity index is 0.00000143. The minimum Gasteiger partial charge on any atom is -0.372 e. The molecular formula is C20H25ClF2N4OS. The number of hydrogen-bond acceptors (Lipinski definition) is 5. The molecule has 0 radical (unpaired) electrons. The van der Waals surface area contributed by atoms with Crippen LogP contribution in [-0.2, 0) is 4.79 Å². The molecule has 0 aliphatic carbocycles. The van der Waals surface area contributed by atoms with Gasteiger partial charge in [0.1, 0.15) is 11.6 Å². The summed E-state index contributed by atoms with van der Waals surface area (Å²) in [6, 6.07) is 3.41. The van der Waals surface area contributed by atoms with Crippen molar-refractivity contribution in [1.82, 2.24) is 4.98 Å². The Morgan fingerprint density at radius 1 is 1.38 bits per heavy atom. The lowest BCUT2D eigenvalue weighted by Crippen LogP contribution is -1.99. The molecule has 0 bridgehead atoms. The Kier molecular flexibility index (Phi) is 13.3. The molecule has 0 aliphatic rings. The van der Waals surface area contributed by atoms with Crippen LogP contribution in [0.2, 0.25) is 5.15 Å². The fourth-order valence-corrected chi connectivity index (χ4v) is 3.22. The maximum Gasteiger partial charge on any atom is 0.204 e. The Hall–Kier alpha value is -2.42. The average Bonchev–Trinajstić information content (AvgIpc) is 2.70. The van der Waals surface area contributed by atoms with Crippen LogP contribution in [-0.4, -0.2) is 18.4 Å². The third-order valence-electron chi connectivity index (χ3n) is 3.40. The first-order chi connectivity index (χ1) is 13.9. The number of carbonyl (C=O) groups excluding carboxylic acids is 1. The van der Waals surface area contributed by atoms with E-state index in [9.17, 15) is 8.78 Å². The van der Waals surface area contributed by atoms with Gasteiger partial charge in [0.05, 0.1) is 10.6 Å². The van der Waals surface area contributed by atoms with Gasteiger partial charge in [-0.1, -0.05) is 37.3 Å². The third-order valence-corrected chi connectivity index (χ3v) is 4.55. The summed E-state index contributed by atoms with van der Waals surface area (Å²) in [4.78, 5) is 13.0. The Morgan fingerprint density at radius 3 is 2.52 bits per heavy atom. The molecule has 29 heavy (non-hydrogen) atoms. The van der Waals surface area contributed by atoms with Gasteiger partial charge >= 0.3 is 0 Å². The average molecular weight is 443 g/mol. The summed E-state index contributed by atoms with van der Waals surface area (Å²) in [5.74, 6) is -1.25. The summed E-state index contributed by atoms with van der Waals surface area (Å²) in [5.41, 5.74) is 12.0. The zero-order valence-corrected chi connectivity index (χ0v) is 18.1. The highest BCUT2D eigenvalue weighted by atomic mass is 35.5. The van der Waals surface area contributed by atoms with E-state index in [1.54, 1.807) is 12.3 Å². The predicted octanol–water partition coefficient (Wildman–Crippen LogP) is 5.10. The largest absolute Gasteiger partial charge is 0.372 e. The van der Waals surface area contributed by atoms with Crippen LogP contribution in [0.3, 0.4) is 0 Å². The number of anilines is 1. The molecule has 1 heterocycles. The van der Waals surface area contributed by atoms with Crippen molar-refractivity contribution in [3.63, 3.8) is 0 Å². The van der Waals surface area contributed by atoms with Gasteiger partial charge < -0.3 is 16.2 Å². The molecular weight excluding hydrogens is 418 g/mol. The second-order valence-corrected chi connectivity index (χ2v) is 6.36. The fraction of sp³-hybridized carbons (Fsp3) is 0.200. The highest BCUT2D eigenvalue weighted by Crippen LogP contribution is 2.34. The van der Waals surface area contributed by atoms with Crippen LogP contribution < -0.4 is 16.2 Å². The summed E-state index contributed by atoms with van der Waals surface area (Å²) in [6.07, 6.45) is 6.61. The summed E-state index contributed by atoms with van der Waals surface area (Å²) >= 11 is 7.19. The van der Waals surface area contributed by atoms with Gasteiger partial charge in [-0.25, -0.2) is 13.8 Å². The Labute approximate surface area is 179 Å². The van der Waals surface area contributed by atoms with Crippen LogP contribution in [0.5, 0.6) is 0 Å². The summed E-state index contributed by atoms with van der Waals surface area (Å²) in [5, 5.41) is 0.284. The number of nitrogens with zero attached hydrogens (tertiary/aromatic N) is 1. The van der Waals surface area contributed by atoms with E-state index in [1.807, 2.05) is 19.9 Å². The first-order valence-electron chi connectivity index (χ1n) is 8.48. The van der Waals surface area contributed by atoms with E-state index >= 15 is 0 Å². The number of pyridine rings is 1. The number of primary amides is 1. The topological polar surface area (TPSA) is 94.0 Å². The molecule has 158 valence electrons. The van der Waals surface area contributed by atoms with Crippen molar-refractivity contribution in [3.05, 3.63) is 71.0 Å². The van der Waals surface area contributed by atoms with E-state index in [0.29, 0.717) is 5.69 Å². The van der Waals surface area contributed by atoms with E-state index in [1.165, 1.54) is 19.2 Å². The van der Waals surface area contributed by atoms with Gasteiger partial charge in [0.25, 0.3) is 0 Å². The van der Waals surface area contributed by atoms with E-state index in [2.05, 4.69) is 27.8 Å². The lowest BCUT2D eigenvalue weighted by molar-refractivity contribution is -0.106. The normalized spacial score (nSPS) is 10.1. The SMILES string of the molecule is C=C/C(=C\CC)c1cnc(Cl)c(NSc2ccc(F)cc2F)c1C.CN.NC=O. The molecule has 0 saturated carbocycles. The smallest absolute Gasteiger partial charge is 0.204 e. The zero-order valence-electron chi connectivity index (χ0n) is 16.5. The van der Waals surface area contributed by atoms with Crippen molar-refractivity contribution < 1.29 is 13.6 Å². The first-order valence-corrected chi connectivity index (χ1v) is 9.68. The summed E-state index contributed by atoms with van der Waals surface area (Å²) < 4.78 is 29.7. The van der Waals surface area contributed by atoms with Crippen molar-refractivity contribution in [3.8, 4) is 0 Å². The summed E-state index contributed by atoms with van der Waals surface area (Å²) in [6.45, 7) is 7.76. The quantitative estimate of drug-likeness (QED) is 0.250. The van der Waals surface area contributed by atoms with Gasteiger partial charge in [-0.05, 0) is 55.6 Å². The van der Waals surface area contributed by atoms with E-state index in [0.717, 1.165) is 41.1 Å². The van der Waals surface area contributed by atoms with Crippen LogP contribution in [0.25, 0.3) is 5.57 Å². The molecule has 2 aromatic rings. The van der Waals surface area contributed by atoms with Gasteiger partial charge in [0.15, 0.2) is 5.15 Å². The zero-order chi connectivity index (χ0) is 22.4. The van der Waals surface area contributed by atoms with Crippen molar-refractivity contribution in [2.45, 2.75) is 25.2 Å². The lowest BCUT2D eigenvalue weighted by Gasteiger charge is -2.14. The molecule has 0 spiro atoms. The summed E-state index contributed by atoms with van der Waals surface area (Å²) in [7, 11) is 1.50. The number of aromatic nitrogens is 1. The van der Waals surface area contributed by atoms with Gasteiger partial charge in [0.2, 0.25) is 6.41 Å². The highest BCUT2D eigenvalue weighted by molar-refractivity contribution is 8.00. The number of amides is 1. The molecule has 1 aromatic heterocycles.